The van der Waals surface area contributed by atoms with Gasteiger partial charge in [0.2, 0.25) is 0 Å². The van der Waals surface area contributed by atoms with Crippen molar-refractivity contribution in [3.8, 4) is 0 Å². The van der Waals surface area contributed by atoms with Crippen molar-refractivity contribution < 1.29 is 8.78 Å². The van der Waals surface area contributed by atoms with E-state index in [9.17, 15) is 8.78 Å². The molecule has 0 fully saturated rings. The lowest BCUT2D eigenvalue weighted by Gasteiger charge is -2.01. The number of nitrogen functional groups attached to an aromatic ring is 1. The average molecular weight is 259 g/mol. The molecule has 1 heterocycles. The number of imidazole rings is 1. The van der Waals surface area contributed by atoms with Crippen LogP contribution in [0.25, 0.3) is 11.0 Å². The van der Waals surface area contributed by atoms with Crippen LogP contribution in [0.5, 0.6) is 0 Å². The van der Waals surface area contributed by atoms with Crippen LogP contribution in [0.3, 0.4) is 0 Å². The average Bonchev–Trinajstić information content (AvgIpc) is 2.76. The number of aromatic amines is 1. The molecular formula is C14H11F2N3. The van der Waals surface area contributed by atoms with Crippen LogP contribution in [0.4, 0.5) is 14.5 Å². The van der Waals surface area contributed by atoms with Gasteiger partial charge in [0.05, 0.1) is 11.0 Å². The van der Waals surface area contributed by atoms with Gasteiger partial charge in [-0.25, -0.2) is 13.8 Å². The zero-order chi connectivity index (χ0) is 13.4. The molecule has 3 rings (SSSR count). The topological polar surface area (TPSA) is 54.7 Å². The Labute approximate surface area is 108 Å². The predicted octanol–water partition coefficient (Wildman–Crippen LogP) is 3.01. The van der Waals surface area contributed by atoms with Crippen molar-refractivity contribution in [2.24, 2.45) is 0 Å². The summed E-state index contributed by atoms with van der Waals surface area (Å²) in [7, 11) is 0. The Bertz CT molecular complexity index is 750. The Hall–Kier alpha value is -2.43. The van der Waals surface area contributed by atoms with Crippen molar-refractivity contribution in [3.05, 3.63) is 59.4 Å². The van der Waals surface area contributed by atoms with Crippen LogP contribution < -0.4 is 5.73 Å². The third-order valence-electron chi connectivity index (χ3n) is 2.94. The summed E-state index contributed by atoms with van der Waals surface area (Å²) in [6.45, 7) is 0. The summed E-state index contributed by atoms with van der Waals surface area (Å²) in [5.74, 6) is -1.11. The molecule has 5 heteroatoms. The molecule has 3 aromatic rings. The van der Waals surface area contributed by atoms with Crippen LogP contribution in [-0.4, -0.2) is 9.97 Å². The molecule has 19 heavy (non-hydrogen) atoms. The zero-order valence-corrected chi connectivity index (χ0v) is 9.95. The van der Waals surface area contributed by atoms with Gasteiger partial charge in [-0.15, -0.1) is 0 Å². The molecule has 0 amide bonds. The SMILES string of the molecule is Nc1ccc2nc(Cc3cccc(F)c3F)[nH]c2c1. The number of H-pyrrole nitrogens is 1. The van der Waals surface area contributed by atoms with Gasteiger partial charge in [-0.1, -0.05) is 12.1 Å². The summed E-state index contributed by atoms with van der Waals surface area (Å²) in [6, 6.07) is 9.41. The molecule has 0 radical (unpaired) electrons. The molecule has 2 aromatic carbocycles. The Kier molecular flexibility index (Phi) is 2.67. The first-order valence-electron chi connectivity index (χ1n) is 5.80. The number of halogens is 2. The third-order valence-corrected chi connectivity index (χ3v) is 2.94. The van der Waals surface area contributed by atoms with Crippen molar-refractivity contribution in [3.63, 3.8) is 0 Å². The van der Waals surface area contributed by atoms with E-state index in [2.05, 4.69) is 9.97 Å². The fourth-order valence-electron chi connectivity index (χ4n) is 2.03. The first-order chi connectivity index (χ1) is 9.13. The van der Waals surface area contributed by atoms with Crippen LogP contribution in [0.2, 0.25) is 0 Å². The summed E-state index contributed by atoms with van der Waals surface area (Å²) in [6.07, 6.45) is 0.207. The Balaban J connectivity index is 1.99. The molecule has 0 bridgehead atoms. The van der Waals surface area contributed by atoms with E-state index < -0.39 is 11.6 Å². The Morgan fingerprint density at radius 3 is 2.84 bits per heavy atom. The van der Waals surface area contributed by atoms with Crippen LogP contribution >= 0.6 is 0 Å². The van der Waals surface area contributed by atoms with Gasteiger partial charge in [-0.2, -0.15) is 0 Å². The molecule has 0 saturated heterocycles. The second kappa shape index (κ2) is 4.35. The number of hydrogen-bond acceptors (Lipinski definition) is 2. The number of benzene rings is 2. The van der Waals surface area contributed by atoms with Crippen molar-refractivity contribution in [2.75, 3.05) is 5.73 Å². The van der Waals surface area contributed by atoms with Gasteiger partial charge in [0.1, 0.15) is 5.82 Å². The number of hydrogen-bond donors (Lipinski definition) is 2. The number of rotatable bonds is 2. The maximum atomic E-state index is 13.6. The predicted molar refractivity (Wildman–Crippen MR) is 69.7 cm³/mol. The van der Waals surface area contributed by atoms with Crippen molar-refractivity contribution in [2.45, 2.75) is 6.42 Å². The third kappa shape index (κ3) is 2.14. The zero-order valence-electron chi connectivity index (χ0n) is 9.95. The second-order valence-electron chi connectivity index (χ2n) is 4.35. The number of nitrogens with two attached hydrogens (primary N) is 1. The number of fused-ring (bicyclic) bond motifs is 1. The fraction of sp³-hybridized carbons (Fsp3) is 0.0714. The summed E-state index contributed by atoms with van der Waals surface area (Å²) in [5, 5.41) is 0. The highest BCUT2D eigenvalue weighted by molar-refractivity contribution is 5.78. The van der Waals surface area contributed by atoms with Gasteiger partial charge in [-0.3, -0.25) is 0 Å². The van der Waals surface area contributed by atoms with E-state index in [1.165, 1.54) is 6.07 Å². The van der Waals surface area contributed by atoms with Crippen molar-refractivity contribution in [1.29, 1.82) is 0 Å². The molecule has 0 unspecified atom stereocenters. The first-order valence-corrected chi connectivity index (χ1v) is 5.80. The summed E-state index contributed by atoms with van der Waals surface area (Å²) in [5.41, 5.74) is 8.10. The maximum Gasteiger partial charge on any atom is 0.162 e. The number of nitrogens with zero attached hydrogens (tertiary/aromatic N) is 1. The molecule has 0 atom stereocenters. The van der Waals surface area contributed by atoms with E-state index in [0.29, 0.717) is 11.5 Å². The van der Waals surface area contributed by atoms with Gasteiger partial charge in [0.15, 0.2) is 11.6 Å². The lowest BCUT2D eigenvalue weighted by molar-refractivity contribution is 0.500. The highest BCUT2D eigenvalue weighted by atomic mass is 19.2. The molecule has 1 aromatic heterocycles. The van der Waals surface area contributed by atoms with E-state index in [4.69, 9.17) is 5.73 Å². The minimum atomic E-state index is -0.849. The number of anilines is 1. The normalized spacial score (nSPS) is 11.1. The van der Waals surface area contributed by atoms with E-state index in [1.807, 2.05) is 0 Å². The molecule has 0 spiro atoms. The molecule has 0 aliphatic heterocycles. The molecule has 3 nitrogen and oxygen atoms in total. The fourth-order valence-corrected chi connectivity index (χ4v) is 2.03. The molecule has 3 N–H and O–H groups in total. The highest BCUT2D eigenvalue weighted by Crippen LogP contribution is 2.18. The smallest absolute Gasteiger partial charge is 0.162 e. The van der Waals surface area contributed by atoms with Gasteiger partial charge in [0.25, 0.3) is 0 Å². The monoisotopic (exact) mass is 259 g/mol. The van der Waals surface area contributed by atoms with E-state index in [-0.39, 0.29) is 12.0 Å². The molecule has 0 aliphatic carbocycles. The number of aromatic nitrogens is 2. The largest absolute Gasteiger partial charge is 0.399 e. The van der Waals surface area contributed by atoms with Gasteiger partial charge in [-0.05, 0) is 29.8 Å². The van der Waals surface area contributed by atoms with Crippen molar-refractivity contribution in [1.82, 2.24) is 9.97 Å². The van der Waals surface area contributed by atoms with Gasteiger partial charge >= 0.3 is 0 Å². The van der Waals surface area contributed by atoms with Crippen LogP contribution in [0.1, 0.15) is 11.4 Å². The second-order valence-corrected chi connectivity index (χ2v) is 4.35. The summed E-state index contributed by atoms with van der Waals surface area (Å²) >= 11 is 0. The van der Waals surface area contributed by atoms with E-state index in [0.717, 1.165) is 17.1 Å². The highest BCUT2D eigenvalue weighted by Gasteiger charge is 2.10. The molecule has 0 saturated carbocycles. The first kappa shape index (κ1) is 11.6. The van der Waals surface area contributed by atoms with Gasteiger partial charge < -0.3 is 10.7 Å². The number of nitrogens with one attached hydrogen (secondary N) is 1. The maximum absolute atomic E-state index is 13.6. The minimum Gasteiger partial charge on any atom is -0.399 e. The van der Waals surface area contributed by atoms with Crippen LogP contribution in [0.15, 0.2) is 36.4 Å². The lowest BCUT2D eigenvalue weighted by Crippen LogP contribution is -1.97. The Morgan fingerprint density at radius 2 is 2.00 bits per heavy atom. The molecule has 0 aliphatic rings. The van der Waals surface area contributed by atoms with Crippen LogP contribution in [-0.2, 0) is 6.42 Å². The summed E-state index contributed by atoms with van der Waals surface area (Å²) < 4.78 is 26.7. The van der Waals surface area contributed by atoms with E-state index >= 15 is 0 Å². The van der Waals surface area contributed by atoms with Gasteiger partial charge in [0, 0.05) is 12.1 Å². The molecule has 96 valence electrons. The quantitative estimate of drug-likeness (QED) is 0.695. The molecular weight excluding hydrogens is 248 g/mol. The lowest BCUT2D eigenvalue weighted by atomic mass is 10.1. The minimum absolute atomic E-state index is 0.207. The van der Waals surface area contributed by atoms with E-state index in [1.54, 1.807) is 24.3 Å². The standard InChI is InChI=1S/C14H11F2N3/c15-10-3-1-2-8(14(10)16)6-13-18-11-5-4-9(17)7-12(11)19-13/h1-5,7H,6,17H2,(H,18,19). The summed E-state index contributed by atoms with van der Waals surface area (Å²) in [4.78, 5) is 7.37. The van der Waals surface area contributed by atoms with Crippen molar-refractivity contribution >= 4 is 16.7 Å². The Morgan fingerprint density at radius 1 is 1.16 bits per heavy atom. The van der Waals surface area contributed by atoms with Crippen LogP contribution in [0, 0.1) is 11.6 Å².